The molecule has 0 bridgehead atoms. The second-order valence-electron chi connectivity index (χ2n) is 9.61. The minimum absolute atomic E-state index is 0.0467. The number of phenolic OH excluding ortho intramolecular Hbond substituents is 1. The number of benzene rings is 3. The van der Waals surface area contributed by atoms with Crippen LogP contribution in [0.3, 0.4) is 0 Å². The first kappa shape index (κ1) is 30.3. The molecule has 11 heteroatoms. The highest BCUT2D eigenvalue weighted by atomic mass is 19.1. The van der Waals surface area contributed by atoms with Crippen molar-refractivity contribution in [1.82, 2.24) is 20.6 Å². The van der Waals surface area contributed by atoms with Gasteiger partial charge in [-0.25, -0.2) is 4.39 Å². The van der Waals surface area contributed by atoms with Crippen LogP contribution in [0.15, 0.2) is 54.6 Å². The van der Waals surface area contributed by atoms with Gasteiger partial charge in [0.1, 0.15) is 28.8 Å². The number of aromatic nitrogens is 4. The number of halogens is 1. The smallest absolute Gasteiger partial charge is 0.303 e. The zero-order valence-electron chi connectivity index (χ0n) is 23.5. The van der Waals surface area contributed by atoms with Crippen LogP contribution in [0.1, 0.15) is 49.6 Å². The molecule has 222 valence electrons. The molecule has 0 fully saturated rings. The highest BCUT2D eigenvalue weighted by Gasteiger charge is 2.15. The number of aliphatic carboxylic acids is 1. The Morgan fingerprint density at radius 3 is 2.14 bits per heavy atom. The van der Waals surface area contributed by atoms with E-state index >= 15 is 0 Å². The summed E-state index contributed by atoms with van der Waals surface area (Å²) in [5.41, 5.74) is 2.73. The number of carboxylic acid groups (broad SMARTS) is 1. The molecule has 1 heterocycles. The first-order valence-electron chi connectivity index (χ1n) is 14.0. The number of carboxylic acids is 1. The summed E-state index contributed by atoms with van der Waals surface area (Å²) in [5.74, 6) is 1.30. The third-order valence-electron chi connectivity index (χ3n) is 6.67. The van der Waals surface area contributed by atoms with Gasteiger partial charge in [-0.05, 0) is 67.6 Å². The average molecular weight is 579 g/mol. The van der Waals surface area contributed by atoms with Gasteiger partial charge < -0.3 is 24.4 Å². The standard InChI is InChI=1S/C31H35FN4O6/c1-2-23-28(16-14-24(31(23)39)21-10-12-22(32)13-11-21)42-20-6-19-41-27-8-5-7-26(25(27)15-17-30(37)38)40-18-4-3-9-29-33-35-36-34-29/h5,7-8,10-14,16,39H,2-4,6,9,15,17-20H2,1H3,(H,37,38)(H,33,34,35,36). The van der Waals surface area contributed by atoms with Crippen molar-refractivity contribution >= 4 is 5.97 Å². The van der Waals surface area contributed by atoms with Crippen LogP contribution < -0.4 is 14.2 Å². The van der Waals surface area contributed by atoms with Crippen LogP contribution in [0.4, 0.5) is 4.39 Å². The summed E-state index contributed by atoms with van der Waals surface area (Å²) in [4.78, 5) is 11.3. The van der Waals surface area contributed by atoms with E-state index in [-0.39, 0.29) is 24.4 Å². The van der Waals surface area contributed by atoms with E-state index in [1.165, 1.54) is 12.1 Å². The van der Waals surface area contributed by atoms with E-state index in [9.17, 15) is 19.4 Å². The lowest BCUT2D eigenvalue weighted by atomic mass is 9.99. The van der Waals surface area contributed by atoms with Crippen molar-refractivity contribution in [3.63, 3.8) is 0 Å². The predicted molar refractivity (Wildman–Crippen MR) is 153 cm³/mol. The molecule has 0 saturated carbocycles. The minimum Gasteiger partial charge on any atom is -0.507 e. The summed E-state index contributed by atoms with van der Waals surface area (Å²) in [6.07, 6.45) is 3.64. The molecule has 0 radical (unpaired) electrons. The summed E-state index contributed by atoms with van der Waals surface area (Å²) in [5, 5.41) is 34.0. The van der Waals surface area contributed by atoms with E-state index in [4.69, 9.17) is 14.2 Å². The van der Waals surface area contributed by atoms with Gasteiger partial charge in [-0.3, -0.25) is 4.79 Å². The van der Waals surface area contributed by atoms with E-state index in [0.717, 1.165) is 18.4 Å². The number of ether oxygens (including phenoxy) is 3. The number of aromatic amines is 1. The lowest BCUT2D eigenvalue weighted by Crippen LogP contribution is -2.09. The topological polar surface area (TPSA) is 140 Å². The summed E-state index contributed by atoms with van der Waals surface area (Å²) >= 11 is 0. The SMILES string of the molecule is CCc1c(OCCCOc2cccc(OCCCCc3nn[nH]n3)c2CCC(=O)O)ccc(-c2ccc(F)cc2)c1O. The maximum atomic E-state index is 13.3. The van der Waals surface area contributed by atoms with E-state index in [1.807, 2.05) is 31.2 Å². The molecule has 0 spiro atoms. The molecule has 0 aliphatic rings. The van der Waals surface area contributed by atoms with Crippen LogP contribution >= 0.6 is 0 Å². The first-order chi connectivity index (χ1) is 20.5. The molecule has 0 amide bonds. The van der Waals surface area contributed by atoms with Crippen molar-refractivity contribution < 1.29 is 33.6 Å². The van der Waals surface area contributed by atoms with Crippen LogP contribution in [0, 0.1) is 5.82 Å². The van der Waals surface area contributed by atoms with Crippen molar-refractivity contribution in [2.45, 2.75) is 51.9 Å². The summed E-state index contributed by atoms with van der Waals surface area (Å²) in [7, 11) is 0. The third kappa shape index (κ3) is 8.42. The number of unbranched alkanes of at least 4 members (excludes halogenated alkanes) is 1. The number of nitrogens with one attached hydrogen (secondary N) is 1. The molecule has 0 saturated heterocycles. The normalized spacial score (nSPS) is 10.9. The number of hydrogen-bond acceptors (Lipinski definition) is 8. The molecular weight excluding hydrogens is 543 g/mol. The Kier molecular flexibility index (Phi) is 11.1. The Labute approximate surface area is 243 Å². The molecule has 0 unspecified atom stereocenters. The van der Waals surface area contributed by atoms with Gasteiger partial charge in [0.15, 0.2) is 5.82 Å². The number of aryl methyl sites for hydroxylation is 1. The number of phenols is 1. The lowest BCUT2D eigenvalue weighted by molar-refractivity contribution is -0.136. The molecule has 4 aromatic rings. The van der Waals surface area contributed by atoms with Crippen molar-refractivity contribution in [2.75, 3.05) is 19.8 Å². The number of H-pyrrole nitrogens is 1. The first-order valence-corrected chi connectivity index (χ1v) is 14.0. The van der Waals surface area contributed by atoms with Crippen LogP contribution in [-0.2, 0) is 24.1 Å². The predicted octanol–water partition coefficient (Wildman–Crippen LogP) is 5.54. The molecule has 10 nitrogen and oxygen atoms in total. The van der Waals surface area contributed by atoms with Gasteiger partial charge in [0.2, 0.25) is 0 Å². The second kappa shape index (κ2) is 15.4. The number of tetrazole rings is 1. The monoisotopic (exact) mass is 578 g/mol. The lowest BCUT2D eigenvalue weighted by Gasteiger charge is -2.17. The Bertz CT molecular complexity index is 1430. The van der Waals surface area contributed by atoms with E-state index in [2.05, 4.69) is 20.6 Å². The van der Waals surface area contributed by atoms with Crippen LogP contribution in [0.25, 0.3) is 11.1 Å². The average Bonchev–Trinajstić information content (AvgIpc) is 3.50. The van der Waals surface area contributed by atoms with Crippen molar-refractivity contribution in [1.29, 1.82) is 0 Å². The largest absolute Gasteiger partial charge is 0.507 e. The second-order valence-corrected chi connectivity index (χ2v) is 9.61. The maximum Gasteiger partial charge on any atom is 0.303 e. The van der Waals surface area contributed by atoms with Gasteiger partial charge in [0.05, 0.1) is 19.8 Å². The fraction of sp³-hybridized carbons (Fsp3) is 0.355. The molecule has 0 aliphatic heterocycles. The summed E-state index contributed by atoms with van der Waals surface area (Å²) in [6.45, 7) is 3.08. The fourth-order valence-corrected chi connectivity index (χ4v) is 4.53. The highest BCUT2D eigenvalue weighted by molar-refractivity contribution is 5.73. The molecule has 0 aliphatic carbocycles. The van der Waals surface area contributed by atoms with Gasteiger partial charge in [-0.15, -0.1) is 10.2 Å². The summed E-state index contributed by atoms with van der Waals surface area (Å²) < 4.78 is 31.3. The van der Waals surface area contributed by atoms with Crippen LogP contribution in [0.2, 0.25) is 0 Å². The van der Waals surface area contributed by atoms with Gasteiger partial charge in [0.25, 0.3) is 0 Å². The Balaban J connectivity index is 1.31. The number of rotatable bonds is 17. The van der Waals surface area contributed by atoms with Gasteiger partial charge >= 0.3 is 5.97 Å². The molecule has 3 aromatic carbocycles. The quantitative estimate of drug-likeness (QED) is 0.138. The van der Waals surface area contributed by atoms with E-state index in [1.54, 1.807) is 18.2 Å². The number of hydrogen-bond donors (Lipinski definition) is 3. The third-order valence-corrected chi connectivity index (χ3v) is 6.67. The van der Waals surface area contributed by atoms with Crippen molar-refractivity contribution in [2.24, 2.45) is 0 Å². The van der Waals surface area contributed by atoms with E-state index < -0.39 is 5.97 Å². The van der Waals surface area contributed by atoms with Crippen molar-refractivity contribution in [3.05, 3.63) is 77.4 Å². The van der Waals surface area contributed by atoms with Crippen LogP contribution in [-0.4, -0.2) is 56.6 Å². The zero-order chi connectivity index (χ0) is 29.7. The van der Waals surface area contributed by atoms with Crippen LogP contribution in [0.5, 0.6) is 23.0 Å². The van der Waals surface area contributed by atoms with Gasteiger partial charge in [0, 0.05) is 36.0 Å². The minimum atomic E-state index is -0.898. The summed E-state index contributed by atoms with van der Waals surface area (Å²) in [6, 6.07) is 15.0. The zero-order valence-corrected chi connectivity index (χ0v) is 23.5. The number of nitrogens with zero attached hydrogens (tertiary/aromatic N) is 3. The van der Waals surface area contributed by atoms with Gasteiger partial charge in [-0.1, -0.05) is 30.3 Å². The number of carbonyl (C=O) groups is 1. The molecule has 1 aromatic heterocycles. The van der Waals surface area contributed by atoms with Crippen molar-refractivity contribution in [3.8, 4) is 34.1 Å². The molecular formula is C31H35FN4O6. The molecule has 42 heavy (non-hydrogen) atoms. The van der Waals surface area contributed by atoms with Gasteiger partial charge in [-0.2, -0.15) is 5.21 Å². The Morgan fingerprint density at radius 2 is 1.52 bits per heavy atom. The highest BCUT2D eigenvalue weighted by Crippen LogP contribution is 2.38. The molecule has 4 rings (SSSR count). The Hall–Kier alpha value is -4.67. The Morgan fingerprint density at radius 1 is 0.857 bits per heavy atom. The van der Waals surface area contributed by atoms with E-state index in [0.29, 0.717) is 78.8 Å². The number of aromatic hydroxyl groups is 1. The fourth-order valence-electron chi connectivity index (χ4n) is 4.53. The molecule has 3 N–H and O–H groups in total. The maximum absolute atomic E-state index is 13.3. The molecule has 0 atom stereocenters.